The van der Waals surface area contributed by atoms with E-state index in [2.05, 4.69) is 21.2 Å². The number of benzene rings is 2. The number of rotatable bonds is 5. The Labute approximate surface area is 130 Å². The Kier molecular flexibility index (Phi) is 5.05. The number of ether oxygens (including phenoxy) is 1. The van der Waals surface area contributed by atoms with Crippen LogP contribution in [0.2, 0.25) is 0 Å². The van der Waals surface area contributed by atoms with Crippen LogP contribution in [0, 0.1) is 0 Å². The summed E-state index contributed by atoms with van der Waals surface area (Å²) in [7, 11) is 0. The van der Waals surface area contributed by atoms with Crippen LogP contribution in [-0.2, 0) is 0 Å². The summed E-state index contributed by atoms with van der Waals surface area (Å²) in [5.41, 5.74) is 6.46. The molecule has 0 unspecified atom stereocenters. The van der Waals surface area contributed by atoms with E-state index < -0.39 is 0 Å². The van der Waals surface area contributed by atoms with Gasteiger partial charge in [0.25, 0.3) is 5.91 Å². The van der Waals surface area contributed by atoms with Crippen molar-refractivity contribution < 1.29 is 14.6 Å². The van der Waals surface area contributed by atoms with Crippen molar-refractivity contribution in [2.75, 3.05) is 18.9 Å². The van der Waals surface area contributed by atoms with Gasteiger partial charge in [-0.1, -0.05) is 15.9 Å². The molecule has 6 heteroatoms. The summed E-state index contributed by atoms with van der Waals surface area (Å²) in [4.78, 5) is 11.9. The summed E-state index contributed by atoms with van der Waals surface area (Å²) < 4.78 is 6.18. The van der Waals surface area contributed by atoms with E-state index in [4.69, 9.17) is 10.5 Å². The number of aromatic hydroxyl groups is 1. The van der Waals surface area contributed by atoms with Crippen molar-refractivity contribution >= 4 is 27.5 Å². The second kappa shape index (κ2) is 6.99. The quantitative estimate of drug-likeness (QED) is 0.571. The van der Waals surface area contributed by atoms with Crippen LogP contribution in [-0.4, -0.2) is 24.2 Å². The van der Waals surface area contributed by atoms with Crippen LogP contribution in [0.5, 0.6) is 11.5 Å². The van der Waals surface area contributed by atoms with Gasteiger partial charge >= 0.3 is 0 Å². The summed E-state index contributed by atoms with van der Waals surface area (Å²) in [5.74, 6) is 0.272. The number of hydrogen-bond acceptors (Lipinski definition) is 4. The molecular formula is C15H15BrN2O3. The van der Waals surface area contributed by atoms with Crippen molar-refractivity contribution in [3.63, 3.8) is 0 Å². The maximum Gasteiger partial charge on any atom is 0.255 e. The second-order valence-corrected chi connectivity index (χ2v) is 5.25. The smallest absolute Gasteiger partial charge is 0.255 e. The van der Waals surface area contributed by atoms with Gasteiger partial charge < -0.3 is 20.9 Å². The summed E-state index contributed by atoms with van der Waals surface area (Å²) in [6.07, 6.45) is 0. The molecule has 0 aliphatic rings. The molecular weight excluding hydrogens is 336 g/mol. The largest absolute Gasteiger partial charge is 0.507 e. The molecule has 0 fully saturated rings. The Bertz CT molecular complexity index is 629. The lowest BCUT2D eigenvalue weighted by Crippen LogP contribution is -2.28. The van der Waals surface area contributed by atoms with E-state index in [1.165, 1.54) is 6.07 Å². The molecule has 0 aliphatic carbocycles. The van der Waals surface area contributed by atoms with Crippen molar-refractivity contribution in [2.45, 2.75) is 0 Å². The van der Waals surface area contributed by atoms with Crippen molar-refractivity contribution in [3.8, 4) is 11.5 Å². The third kappa shape index (κ3) is 4.39. The Morgan fingerprint density at radius 1 is 1.24 bits per heavy atom. The van der Waals surface area contributed by atoms with Crippen molar-refractivity contribution in [3.05, 3.63) is 52.5 Å². The van der Waals surface area contributed by atoms with Gasteiger partial charge in [-0.3, -0.25) is 4.79 Å². The molecule has 21 heavy (non-hydrogen) atoms. The number of anilines is 1. The van der Waals surface area contributed by atoms with Gasteiger partial charge in [0, 0.05) is 10.2 Å². The van der Waals surface area contributed by atoms with Crippen molar-refractivity contribution in [2.24, 2.45) is 0 Å². The zero-order chi connectivity index (χ0) is 15.2. The monoisotopic (exact) mass is 350 g/mol. The third-order valence-corrected chi connectivity index (χ3v) is 3.23. The molecule has 110 valence electrons. The maximum absolute atomic E-state index is 11.9. The summed E-state index contributed by atoms with van der Waals surface area (Å²) in [6.45, 7) is 0.652. The van der Waals surface area contributed by atoms with Gasteiger partial charge in [-0.2, -0.15) is 0 Å². The standard InChI is InChI=1S/C15H15BrN2O3/c16-10-1-6-14(19)13(9-10)15(20)18-7-8-21-12-4-2-11(17)3-5-12/h1-6,9,19H,7-8,17H2,(H,18,20). The molecule has 1 amide bonds. The van der Waals surface area contributed by atoms with E-state index in [0.717, 1.165) is 4.47 Å². The number of nitrogens with two attached hydrogens (primary N) is 1. The number of halogens is 1. The molecule has 4 N–H and O–H groups in total. The number of amides is 1. The Morgan fingerprint density at radius 2 is 1.95 bits per heavy atom. The van der Waals surface area contributed by atoms with Crippen LogP contribution in [0.25, 0.3) is 0 Å². The fourth-order valence-corrected chi connectivity index (χ4v) is 2.04. The van der Waals surface area contributed by atoms with E-state index >= 15 is 0 Å². The van der Waals surface area contributed by atoms with Crippen LogP contribution in [0.3, 0.4) is 0 Å². The predicted molar refractivity (Wildman–Crippen MR) is 84.5 cm³/mol. The first-order chi connectivity index (χ1) is 10.1. The molecule has 2 aromatic carbocycles. The van der Waals surface area contributed by atoms with Gasteiger partial charge in [-0.25, -0.2) is 0 Å². The summed E-state index contributed by atoms with van der Waals surface area (Å²) >= 11 is 3.26. The van der Waals surface area contributed by atoms with Crippen LogP contribution in [0.15, 0.2) is 46.9 Å². The number of carbonyl (C=O) groups is 1. The zero-order valence-corrected chi connectivity index (χ0v) is 12.8. The normalized spacial score (nSPS) is 10.1. The third-order valence-electron chi connectivity index (χ3n) is 2.74. The lowest BCUT2D eigenvalue weighted by atomic mass is 10.2. The van der Waals surface area contributed by atoms with Gasteiger partial charge in [0.2, 0.25) is 0 Å². The van der Waals surface area contributed by atoms with Crippen LogP contribution in [0.1, 0.15) is 10.4 Å². The molecule has 0 saturated heterocycles. The minimum absolute atomic E-state index is 0.0600. The van der Waals surface area contributed by atoms with Crippen molar-refractivity contribution in [1.29, 1.82) is 0 Å². The average molecular weight is 351 g/mol. The molecule has 0 heterocycles. The second-order valence-electron chi connectivity index (χ2n) is 4.33. The molecule has 5 nitrogen and oxygen atoms in total. The van der Waals surface area contributed by atoms with Crippen LogP contribution in [0.4, 0.5) is 5.69 Å². The Morgan fingerprint density at radius 3 is 2.67 bits per heavy atom. The topological polar surface area (TPSA) is 84.6 Å². The predicted octanol–water partition coefficient (Wildman–Crippen LogP) is 2.55. The highest BCUT2D eigenvalue weighted by Gasteiger charge is 2.10. The molecule has 2 rings (SSSR count). The van der Waals surface area contributed by atoms with Crippen molar-refractivity contribution in [1.82, 2.24) is 5.32 Å². The van der Waals surface area contributed by atoms with E-state index in [1.54, 1.807) is 36.4 Å². The molecule has 0 aromatic heterocycles. The van der Waals surface area contributed by atoms with Gasteiger partial charge in [-0.15, -0.1) is 0 Å². The number of nitrogens with one attached hydrogen (secondary N) is 1. The van der Waals surface area contributed by atoms with Crippen LogP contribution >= 0.6 is 15.9 Å². The molecule has 0 atom stereocenters. The van der Waals surface area contributed by atoms with Gasteiger partial charge in [-0.05, 0) is 42.5 Å². The summed E-state index contributed by atoms with van der Waals surface area (Å²) in [6, 6.07) is 11.7. The van der Waals surface area contributed by atoms with E-state index in [9.17, 15) is 9.90 Å². The number of hydrogen-bond donors (Lipinski definition) is 3. The summed E-state index contributed by atoms with van der Waals surface area (Å²) in [5, 5.41) is 12.3. The molecule has 2 aromatic rings. The number of phenolic OH excluding ortho intramolecular Hbond substituents is 1. The van der Waals surface area contributed by atoms with Gasteiger partial charge in [0.05, 0.1) is 12.1 Å². The number of nitrogen functional groups attached to an aromatic ring is 1. The first-order valence-corrected chi connectivity index (χ1v) is 7.10. The molecule has 0 saturated carbocycles. The van der Waals surface area contributed by atoms with Gasteiger partial charge in [0.15, 0.2) is 0 Å². The lowest BCUT2D eigenvalue weighted by molar-refractivity contribution is 0.0944. The Balaban J connectivity index is 1.81. The zero-order valence-electron chi connectivity index (χ0n) is 11.2. The fourth-order valence-electron chi connectivity index (χ4n) is 1.68. The molecule has 0 aliphatic heterocycles. The lowest BCUT2D eigenvalue weighted by Gasteiger charge is -2.09. The van der Waals surface area contributed by atoms with Gasteiger partial charge in [0.1, 0.15) is 18.1 Å². The fraction of sp³-hybridized carbons (Fsp3) is 0.133. The minimum atomic E-state index is -0.352. The molecule has 0 bridgehead atoms. The molecule has 0 spiro atoms. The Hall–Kier alpha value is -2.21. The maximum atomic E-state index is 11.9. The van der Waals surface area contributed by atoms with E-state index in [0.29, 0.717) is 24.6 Å². The van der Waals surface area contributed by atoms with E-state index in [1.807, 2.05) is 0 Å². The highest BCUT2D eigenvalue weighted by molar-refractivity contribution is 9.10. The highest BCUT2D eigenvalue weighted by Crippen LogP contribution is 2.21. The SMILES string of the molecule is Nc1ccc(OCCNC(=O)c2cc(Br)ccc2O)cc1. The first kappa shape index (κ1) is 15.2. The van der Waals surface area contributed by atoms with E-state index in [-0.39, 0.29) is 17.2 Å². The van der Waals surface area contributed by atoms with Crippen LogP contribution < -0.4 is 15.8 Å². The highest BCUT2D eigenvalue weighted by atomic mass is 79.9. The number of carbonyl (C=O) groups excluding carboxylic acids is 1. The average Bonchev–Trinajstić information content (AvgIpc) is 2.47. The first-order valence-electron chi connectivity index (χ1n) is 6.31. The minimum Gasteiger partial charge on any atom is -0.507 e. The number of phenols is 1. The molecule has 0 radical (unpaired) electrons.